The molecule has 0 amide bonds. The average Bonchev–Trinajstić information content (AvgIpc) is 2.74. The molecule has 1 heterocycles. The van der Waals surface area contributed by atoms with Gasteiger partial charge in [-0.2, -0.15) is 0 Å². The third kappa shape index (κ3) is 6.99. The summed E-state index contributed by atoms with van der Waals surface area (Å²) in [5, 5.41) is 13.0. The summed E-state index contributed by atoms with van der Waals surface area (Å²) in [6.07, 6.45) is 0.930. The van der Waals surface area contributed by atoms with E-state index in [0.717, 1.165) is 0 Å². The molecule has 0 aromatic heterocycles. The van der Waals surface area contributed by atoms with Gasteiger partial charge in [0.15, 0.2) is 0 Å². The molecule has 1 aliphatic heterocycles. The van der Waals surface area contributed by atoms with E-state index in [4.69, 9.17) is 37.4 Å². The van der Waals surface area contributed by atoms with Gasteiger partial charge in [0.05, 0.1) is 27.1 Å². The SMILES string of the molecule is CCCC(=O)OC(OC(=O)CCC)OC(=O)C1=C(C)NC(C)=C(C(=O)O)[C@@H]1c1cccc(Cl)c1Cl. The molecule has 9 nitrogen and oxygen atoms in total. The zero-order chi connectivity index (χ0) is 26.3. The van der Waals surface area contributed by atoms with Crippen molar-refractivity contribution in [2.24, 2.45) is 0 Å². The fraction of sp³-hybridized carbons (Fsp3) is 0.417. The maximum absolute atomic E-state index is 13.4. The minimum absolute atomic E-state index is 0.00843. The molecule has 0 unspecified atom stereocenters. The van der Waals surface area contributed by atoms with Crippen LogP contribution in [0.15, 0.2) is 40.7 Å². The lowest BCUT2D eigenvalue weighted by Gasteiger charge is -2.30. The number of allylic oxidation sites excluding steroid dienone is 2. The van der Waals surface area contributed by atoms with Crippen molar-refractivity contribution < 1.29 is 38.5 Å². The molecular weight excluding hydrogens is 501 g/mol. The Morgan fingerprint density at radius 2 is 1.49 bits per heavy atom. The van der Waals surface area contributed by atoms with Crippen LogP contribution in [0.1, 0.15) is 64.9 Å². The Labute approximate surface area is 213 Å². The van der Waals surface area contributed by atoms with Gasteiger partial charge in [0.2, 0.25) is 0 Å². The molecule has 1 aromatic carbocycles. The Bertz CT molecular complexity index is 1060. The monoisotopic (exact) mass is 527 g/mol. The van der Waals surface area contributed by atoms with Crippen molar-refractivity contribution >= 4 is 47.1 Å². The molecule has 11 heteroatoms. The highest BCUT2D eigenvalue weighted by atomic mass is 35.5. The molecule has 0 spiro atoms. The molecule has 0 aliphatic carbocycles. The number of carboxylic acid groups (broad SMARTS) is 1. The van der Waals surface area contributed by atoms with E-state index in [-0.39, 0.29) is 51.0 Å². The smallest absolute Gasteiger partial charge is 0.413 e. The van der Waals surface area contributed by atoms with Crippen molar-refractivity contribution in [1.29, 1.82) is 0 Å². The lowest BCUT2D eigenvalue weighted by molar-refractivity contribution is -0.256. The van der Waals surface area contributed by atoms with Gasteiger partial charge in [0.1, 0.15) is 0 Å². The number of aliphatic carboxylic acids is 1. The lowest BCUT2D eigenvalue weighted by atomic mass is 9.80. The lowest BCUT2D eigenvalue weighted by Crippen LogP contribution is -2.35. The Balaban J connectivity index is 2.51. The summed E-state index contributed by atoms with van der Waals surface area (Å²) in [4.78, 5) is 49.6. The van der Waals surface area contributed by atoms with Gasteiger partial charge in [0.25, 0.3) is 0 Å². The number of hydrogen-bond donors (Lipinski definition) is 2. The van der Waals surface area contributed by atoms with Gasteiger partial charge < -0.3 is 24.6 Å². The maximum Gasteiger partial charge on any atom is 0.413 e. The standard InChI is InChI=1S/C24H27Cl2NO8/c1-5-8-16(28)33-24(34-17(29)9-6-2)35-23(32)19-13(4)27-12(3)18(22(30)31)20(19)14-10-7-11-15(25)21(14)26/h7,10-11,20,24,27H,5-6,8-9H2,1-4H3,(H,30,31)/t20-/m0/s1. The van der Waals surface area contributed by atoms with Gasteiger partial charge in [0, 0.05) is 24.2 Å². The Morgan fingerprint density at radius 1 is 0.943 bits per heavy atom. The van der Waals surface area contributed by atoms with Gasteiger partial charge >= 0.3 is 30.4 Å². The summed E-state index contributed by atoms with van der Waals surface area (Å²) in [5.74, 6) is -5.02. The Hall–Kier alpha value is -3.04. The quantitative estimate of drug-likeness (QED) is 0.324. The maximum atomic E-state index is 13.4. The molecule has 0 saturated carbocycles. The fourth-order valence-corrected chi connectivity index (χ4v) is 3.98. The molecule has 2 N–H and O–H groups in total. The first-order chi connectivity index (χ1) is 16.5. The minimum atomic E-state index is -1.95. The van der Waals surface area contributed by atoms with E-state index >= 15 is 0 Å². The van der Waals surface area contributed by atoms with Crippen molar-refractivity contribution in [2.45, 2.75) is 65.8 Å². The molecule has 1 aliphatic rings. The Morgan fingerprint density at radius 3 is 2.00 bits per heavy atom. The predicted octanol–water partition coefficient (Wildman–Crippen LogP) is 4.83. The summed E-state index contributed by atoms with van der Waals surface area (Å²) in [6.45, 7) is 4.63. The van der Waals surface area contributed by atoms with Crippen LogP contribution < -0.4 is 5.32 Å². The van der Waals surface area contributed by atoms with Crippen LogP contribution in [-0.4, -0.2) is 35.5 Å². The number of hydrogen-bond acceptors (Lipinski definition) is 8. The number of halogens is 2. The summed E-state index contributed by atoms with van der Waals surface area (Å²) >= 11 is 12.6. The van der Waals surface area contributed by atoms with Crippen LogP contribution in [0.3, 0.4) is 0 Å². The first-order valence-corrected chi connectivity index (χ1v) is 11.7. The van der Waals surface area contributed by atoms with Crippen molar-refractivity contribution in [3.8, 4) is 0 Å². The van der Waals surface area contributed by atoms with Gasteiger partial charge in [-0.1, -0.05) is 49.2 Å². The van der Waals surface area contributed by atoms with Crippen LogP contribution in [0.2, 0.25) is 10.0 Å². The van der Waals surface area contributed by atoms with Crippen LogP contribution >= 0.6 is 23.2 Å². The van der Waals surface area contributed by atoms with E-state index in [1.807, 2.05) is 0 Å². The minimum Gasteiger partial charge on any atom is -0.478 e. The molecule has 0 fully saturated rings. The second-order valence-corrected chi connectivity index (χ2v) is 8.54. The number of ether oxygens (including phenoxy) is 3. The zero-order valence-corrected chi connectivity index (χ0v) is 21.3. The van der Waals surface area contributed by atoms with Gasteiger partial charge in [-0.25, -0.2) is 9.59 Å². The summed E-state index contributed by atoms with van der Waals surface area (Å²) < 4.78 is 15.3. The molecule has 1 atom stereocenters. The number of carboxylic acids is 1. The number of esters is 3. The van der Waals surface area contributed by atoms with Crippen molar-refractivity contribution in [3.63, 3.8) is 0 Å². The molecule has 35 heavy (non-hydrogen) atoms. The van der Waals surface area contributed by atoms with E-state index in [1.165, 1.54) is 6.07 Å². The Kier molecular flexibility index (Phi) is 10.2. The van der Waals surface area contributed by atoms with Crippen molar-refractivity contribution in [2.75, 3.05) is 0 Å². The van der Waals surface area contributed by atoms with Gasteiger partial charge in [-0.05, 0) is 38.3 Å². The first-order valence-electron chi connectivity index (χ1n) is 11.0. The highest BCUT2D eigenvalue weighted by molar-refractivity contribution is 6.42. The third-order valence-electron chi connectivity index (χ3n) is 5.07. The third-order valence-corrected chi connectivity index (χ3v) is 5.90. The molecule has 0 bridgehead atoms. The normalized spacial score (nSPS) is 15.6. The average molecular weight is 528 g/mol. The molecule has 0 radical (unpaired) electrons. The van der Waals surface area contributed by atoms with Crippen LogP contribution in [0.4, 0.5) is 0 Å². The highest BCUT2D eigenvalue weighted by Crippen LogP contribution is 2.43. The number of carbonyl (C=O) groups excluding carboxylic acids is 3. The topological polar surface area (TPSA) is 128 Å². The molecule has 0 saturated heterocycles. The second-order valence-electron chi connectivity index (χ2n) is 7.76. The van der Waals surface area contributed by atoms with Crippen LogP contribution in [0.25, 0.3) is 0 Å². The van der Waals surface area contributed by atoms with E-state index in [9.17, 15) is 24.3 Å². The number of nitrogens with one attached hydrogen (secondary N) is 1. The van der Waals surface area contributed by atoms with Gasteiger partial charge in [-0.3, -0.25) is 9.59 Å². The van der Waals surface area contributed by atoms with Crippen LogP contribution in [-0.2, 0) is 33.4 Å². The number of benzene rings is 1. The zero-order valence-electron chi connectivity index (χ0n) is 19.8. The van der Waals surface area contributed by atoms with Crippen LogP contribution in [0.5, 0.6) is 0 Å². The van der Waals surface area contributed by atoms with E-state index < -0.39 is 36.3 Å². The highest BCUT2D eigenvalue weighted by Gasteiger charge is 2.40. The largest absolute Gasteiger partial charge is 0.478 e. The molecule has 2 rings (SSSR count). The second kappa shape index (κ2) is 12.6. The van der Waals surface area contributed by atoms with E-state index in [1.54, 1.807) is 39.8 Å². The van der Waals surface area contributed by atoms with Crippen LogP contribution in [0, 0.1) is 0 Å². The summed E-state index contributed by atoms with van der Waals surface area (Å²) in [5.41, 5.74) is 0.533. The predicted molar refractivity (Wildman–Crippen MR) is 127 cm³/mol. The number of carbonyl (C=O) groups is 4. The van der Waals surface area contributed by atoms with Crippen molar-refractivity contribution in [3.05, 3.63) is 56.3 Å². The first kappa shape index (κ1) is 28.2. The van der Waals surface area contributed by atoms with E-state index in [2.05, 4.69) is 5.32 Å². The number of dihydropyridines is 1. The molecule has 190 valence electrons. The summed E-state index contributed by atoms with van der Waals surface area (Å²) in [7, 11) is 0. The van der Waals surface area contributed by atoms with Crippen molar-refractivity contribution in [1.82, 2.24) is 5.32 Å². The summed E-state index contributed by atoms with van der Waals surface area (Å²) in [6, 6.07) is 4.64. The van der Waals surface area contributed by atoms with E-state index in [0.29, 0.717) is 12.8 Å². The fourth-order valence-electron chi connectivity index (χ4n) is 3.57. The van der Waals surface area contributed by atoms with Gasteiger partial charge in [-0.15, -0.1) is 0 Å². The number of rotatable bonds is 10. The molecular formula is C24H27Cl2NO8. The molecule has 1 aromatic rings.